The van der Waals surface area contributed by atoms with Crippen LogP contribution in [0.1, 0.15) is 31.9 Å². The van der Waals surface area contributed by atoms with Gasteiger partial charge in [0.05, 0.1) is 5.02 Å². The number of benzene rings is 1. The molecule has 0 heterocycles. The van der Waals surface area contributed by atoms with Crippen molar-refractivity contribution >= 4 is 11.6 Å². The van der Waals surface area contributed by atoms with Gasteiger partial charge in [-0.2, -0.15) is 0 Å². The van der Waals surface area contributed by atoms with Gasteiger partial charge in [0.1, 0.15) is 5.75 Å². The van der Waals surface area contributed by atoms with Gasteiger partial charge in [0, 0.05) is 0 Å². The van der Waals surface area contributed by atoms with E-state index in [-0.39, 0.29) is 5.75 Å². The molecule has 0 aliphatic heterocycles. The van der Waals surface area contributed by atoms with E-state index in [0.717, 1.165) is 17.5 Å². The summed E-state index contributed by atoms with van der Waals surface area (Å²) in [6, 6.07) is 3.74. The predicted molar refractivity (Wildman–Crippen MR) is 58.6 cm³/mol. The molecular weight excluding hydrogens is 184 g/mol. The van der Waals surface area contributed by atoms with Gasteiger partial charge in [-0.25, -0.2) is 0 Å². The maximum atomic E-state index is 9.29. The van der Waals surface area contributed by atoms with Crippen LogP contribution in [0.2, 0.25) is 5.02 Å². The second-order valence-corrected chi connectivity index (χ2v) is 3.00. The number of phenols is 1. The Morgan fingerprint density at radius 2 is 1.85 bits per heavy atom. The van der Waals surface area contributed by atoms with Crippen molar-refractivity contribution in [1.82, 2.24) is 0 Å². The smallest absolute Gasteiger partial charge is 0.137 e. The molecule has 0 unspecified atom stereocenters. The van der Waals surface area contributed by atoms with Crippen LogP contribution in [-0.4, -0.2) is 5.11 Å². The summed E-state index contributed by atoms with van der Waals surface area (Å²) in [7, 11) is 0. The average Bonchev–Trinajstić information content (AvgIpc) is 2.16. The molecule has 0 amide bonds. The fourth-order valence-electron chi connectivity index (χ4n) is 1.01. The minimum absolute atomic E-state index is 0.198. The van der Waals surface area contributed by atoms with E-state index >= 15 is 0 Å². The molecule has 0 aliphatic rings. The lowest BCUT2D eigenvalue weighted by Gasteiger charge is -2.03. The normalized spacial score (nSPS) is 9.00. The maximum Gasteiger partial charge on any atom is 0.137 e. The molecular formula is C11H17ClO. The van der Waals surface area contributed by atoms with Crippen molar-refractivity contribution in [2.24, 2.45) is 0 Å². The molecule has 13 heavy (non-hydrogen) atoms. The number of phenolic OH excluding ortho intramolecular Hbond substituents is 1. The van der Waals surface area contributed by atoms with Crippen molar-refractivity contribution in [3.63, 3.8) is 0 Å². The molecule has 0 bridgehead atoms. The Bertz CT molecular complexity index is 246. The highest BCUT2D eigenvalue weighted by Crippen LogP contribution is 2.28. The van der Waals surface area contributed by atoms with E-state index in [1.165, 1.54) is 0 Å². The Morgan fingerprint density at radius 3 is 2.23 bits per heavy atom. The molecule has 74 valence electrons. The van der Waals surface area contributed by atoms with E-state index in [1.807, 2.05) is 26.8 Å². The van der Waals surface area contributed by atoms with Crippen LogP contribution >= 0.6 is 11.6 Å². The van der Waals surface area contributed by atoms with Crippen LogP contribution in [0.25, 0.3) is 0 Å². The molecule has 1 N–H and O–H groups in total. The highest BCUT2D eigenvalue weighted by Gasteiger charge is 2.02. The van der Waals surface area contributed by atoms with E-state index in [0.29, 0.717) is 5.02 Å². The molecule has 0 saturated heterocycles. The Kier molecular flexibility index (Phi) is 5.56. The molecule has 1 aromatic carbocycles. The van der Waals surface area contributed by atoms with Crippen molar-refractivity contribution in [2.75, 3.05) is 0 Å². The number of rotatable bonds is 1. The van der Waals surface area contributed by atoms with Crippen LogP contribution in [0, 0.1) is 6.92 Å². The minimum Gasteiger partial charge on any atom is -0.506 e. The van der Waals surface area contributed by atoms with Crippen molar-refractivity contribution in [1.29, 1.82) is 0 Å². The lowest BCUT2D eigenvalue weighted by atomic mass is 10.1. The van der Waals surface area contributed by atoms with E-state index in [4.69, 9.17) is 11.6 Å². The van der Waals surface area contributed by atoms with Crippen LogP contribution in [0.15, 0.2) is 12.1 Å². The number of aryl methyl sites for hydroxylation is 2. The van der Waals surface area contributed by atoms with Crippen molar-refractivity contribution in [3.8, 4) is 5.75 Å². The van der Waals surface area contributed by atoms with Gasteiger partial charge in [0.25, 0.3) is 0 Å². The van der Waals surface area contributed by atoms with Gasteiger partial charge in [0.15, 0.2) is 0 Å². The van der Waals surface area contributed by atoms with Crippen LogP contribution in [0.3, 0.4) is 0 Å². The topological polar surface area (TPSA) is 20.2 Å². The second-order valence-electron chi connectivity index (χ2n) is 2.60. The Balaban J connectivity index is 0.000000671. The first-order chi connectivity index (χ1) is 6.15. The van der Waals surface area contributed by atoms with Crippen molar-refractivity contribution in [3.05, 3.63) is 28.3 Å². The largest absolute Gasteiger partial charge is 0.506 e. The van der Waals surface area contributed by atoms with Crippen LogP contribution in [0.5, 0.6) is 5.75 Å². The fraction of sp³-hybridized carbons (Fsp3) is 0.455. The quantitative estimate of drug-likeness (QED) is 0.728. The molecule has 0 spiro atoms. The maximum absolute atomic E-state index is 9.29. The summed E-state index contributed by atoms with van der Waals surface area (Å²) in [4.78, 5) is 0. The molecule has 0 atom stereocenters. The predicted octanol–water partition coefficient (Wildman–Crippen LogP) is 3.94. The van der Waals surface area contributed by atoms with Gasteiger partial charge >= 0.3 is 0 Å². The van der Waals surface area contributed by atoms with Gasteiger partial charge in [-0.3, -0.25) is 0 Å². The van der Waals surface area contributed by atoms with Crippen LogP contribution in [-0.2, 0) is 6.42 Å². The van der Waals surface area contributed by atoms with E-state index in [9.17, 15) is 5.11 Å². The number of aromatic hydroxyl groups is 1. The first-order valence-corrected chi connectivity index (χ1v) is 5.01. The highest BCUT2D eigenvalue weighted by molar-refractivity contribution is 6.32. The Morgan fingerprint density at radius 1 is 1.31 bits per heavy atom. The molecule has 1 rings (SSSR count). The molecule has 1 nitrogen and oxygen atoms in total. The first-order valence-electron chi connectivity index (χ1n) is 4.63. The van der Waals surface area contributed by atoms with Crippen LogP contribution < -0.4 is 0 Å². The average molecular weight is 201 g/mol. The fourth-order valence-corrected chi connectivity index (χ4v) is 1.30. The summed E-state index contributed by atoms with van der Waals surface area (Å²) >= 11 is 5.75. The van der Waals surface area contributed by atoms with Crippen LogP contribution in [0.4, 0.5) is 0 Å². The summed E-state index contributed by atoms with van der Waals surface area (Å²) in [6.45, 7) is 7.91. The van der Waals surface area contributed by atoms with Gasteiger partial charge in [-0.15, -0.1) is 0 Å². The molecule has 0 aliphatic carbocycles. The van der Waals surface area contributed by atoms with Gasteiger partial charge in [-0.05, 0) is 30.5 Å². The van der Waals surface area contributed by atoms with Gasteiger partial charge < -0.3 is 5.11 Å². The zero-order chi connectivity index (χ0) is 10.4. The third-order valence-corrected chi connectivity index (χ3v) is 2.01. The minimum atomic E-state index is 0.198. The number of halogens is 1. The summed E-state index contributed by atoms with van der Waals surface area (Å²) in [5.74, 6) is 0.198. The molecule has 0 aromatic heterocycles. The first kappa shape index (κ1) is 12.3. The SMILES string of the molecule is CC.CCc1cc(C)c(O)c(Cl)c1. The molecule has 2 heteroatoms. The summed E-state index contributed by atoms with van der Waals surface area (Å²) in [6.07, 6.45) is 0.945. The standard InChI is InChI=1S/C9H11ClO.C2H6/c1-3-7-4-6(2)9(11)8(10)5-7;1-2/h4-5,11H,3H2,1-2H3;1-2H3. The summed E-state index contributed by atoms with van der Waals surface area (Å²) in [5.41, 5.74) is 2.00. The summed E-state index contributed by atoms with van der Waals surface area (Å²) < 4.78 is 0. The Hall–Kier alpha value is -0.690. The molecule has 0 fully saturated rings. The summed E-state index contributed by atoms with van der Waals surface area (Å²) in [5, 5.41) is 9.74. The lowest BCUT2D eigenvalue weighted by molar-refractivity contribution is 0.471. The number of hydrogen-bond donors (Lipinski definition) is 1. The van der Waals surface area contributed by atoms with Crippen molar-refractivity contribution < 1.29 is 5.11 Å². The third-order valence-electron chi connectivity index (χ3n) is 1.72. The van der Waals surface area contributed by atoms with Gasteiger partial charge in [-0.1, -0.05) is 38.4 Å². The zero-order valence-electron chi connectivity index (χ0n) is 8.69. The number of hydrogen-bond acceptors (Lipinski definition) is 1. The Labute approximate surface area is 85.4 Å². The van der Waals surface area contributed by atoms with E-state index < -0.39 is 0 Å². The molecule has 0 radical (unpaired) electrons. The van der Waals surface area contributed by atoms with Crippen molar-refractivity contribution in [2.45, 2.75) is 34.1 Å². The monoisotopic (exact) mass is 200 g/mol. The molecule has 0 saturated carbocycles. The zero-order valence-corrected chi connectivity index (χ0v) is 9.44. The second kappa shape index (κ2) is 5.87. The van der Waals surface area contributed by atoms with Gasteiger partial charge in [0.2, 0.25) is 0 Å². The molecule has 1 aromatic rings. The third kappa shape index (κ3) is 3.27. The lowest BCUT2D eigenvalue weighted by Crippen LogP contribution is -1.83. The van der Waals surface area contributed by atoms with E-state index in [1.54, 1.807) is 6.07 Å². The highest BCUT2D eigenvalue weighted by atomic mass is 35.5. The van der Waals surface area contributed by atoms with E-state index in [2.05, 4.69) is 6.92 Å².